The zero-order valence-corrected chi connectivity index (χ0v) is 17.3. The fourth-order valence-electron chi connectivity index (χ4n) is 4.72. The normalized spacial score (nSPS) is 26.6. The number of nitrogens with zero attached hydrogens (tertiary/aromatic N) is 2. The molecule has 1 unspecified atom stereocenters. The van der Waals surface area contributed by atoms with Crippen LogP contribution in [0.1, 0.15) is 49.0 Å². The molecule has 0 radical (unpaired) electrons. The van der Waals surface area contributed by atoms with Crippen LogP contribution < -0.4 is 5.32 Å². The van der Waals surface area contributed by atoms with Crippen molar-refractivity contribution in [1.29, 1.82) is 0 Å². The second-order valence-corrected chi connectivity index (χ2v) is 8.36. The summed E-state index contributed by atoms with van der Waals surface area (Å²) in [5.41, 5.74) is -0.200. The fraction of sp³-hybridized carbons (Fsp3) is 0.500. The number of aromatic nitrogens is 1. The average molecular weight is 449 g/mol. The number of likely N-dealkylation sites (tertiary alicyclic amines) is 1. The number of aliphatic hydroxyl groups excluding tert-OH is 1. The molecule has 2 fully saturated rings. The van der Waals surface area contributed by atoms with Gasteiger partial charge in [0.1, 0.15) is 11.6 Å². The van der Waals surface area contributed by atoms with Crippen molar-refractivity contribution in [1.82, 2.24) is 15.4 Å². The summed E-state index contributed by atoms with van der Waals surface area (Å²) in [6.07, 6.45) is 2.81. The Hall–Kier alpha value is -2.85. The van der Waals surface area contributed by atoms with Crippen LogP contribution >= 0.6 is 0 Å². The van der Waals surface area contributed by atoms with Gasteiger partial charge < -0.3 is 20.1 Å². The summed E-state index contributed by atoms with van der Waals surface area (Å²) >= 11 is 0. The molecule has 1 saturated carbocycles. The summed E-state index contributed by atoms with van der Waals surface area (Å²) in [5, 5.41) is 26.7. The molecule has 32 heavy (non-hydrogen) atoms. The van der Waals surface area contributed by atoms with E-state index < -0.39 is 41.7 Å². The van der Waals surface area contributed by atoms with Gasteiger partial charge >= 0.3 is 5.97 Å². The van der Waals surface area contributed by atoms with Crippen LogP contribution in [0.4, 0.5) is 8.78 Å². The molecule has 0 spiro atoms. The van der Waals surface area contributed by atoms with E-state index in [1.807, 2.05) is 4.90 Å². The number of benzene rings is 1. The summed E-state index contributed by atoms with van der Waals surface area (Å²) in [6.45, 7) is 0.557. The molecule has 2 heterocycles. The highest BCUT2D eigenvalue weighted by atomic mass is 19.1. The van der Waals surface area contributed by atoms with Crippen LogP contribution in [0.15, 0.2) is 28.8 Å². The standard InChI is InChI=1S/C22H25F2N3O5/c23-12-7-8-13(15(24)10-12)19-11-16(26-32-19)21(29)25-20-14(22(30)31)4-3-9-27(20)17-5-1-2-6-18(17)28/h7-8,10-11,14,17-18,20,28H,1-6,9H2,(H,25,29)(H,30,31)/t14-,17-,18+,20?/m1/s1. The quantitative estimate of drug-likeness (QED) is 0.643. The van der Waals surface area contributed by atoms with Gasteiger partial charge in [0.15, 0.2) is 11.5 Å². The Morgan fingerprint density at radius 2 is 1.91 bits per heavy atom. The molecule has 10 heteroatoms. The smallest absolute Gasteiger partial charge is 0.309 e. The molecule has 0 bridgehead atoms. The molecule has 4 rings (SSSR count). The van der Waals surface area contributed by atoms with E-state index >= 15 is 0 Å². The second kappa shape index (κ2) is 9.33. The first kappa shape index (κ1) is 22.3. The van der Waals surface area contributed by atoms with Crippen molar-refractivity contribution >= 4 is 11.9 Å². The van der Waals surface area contributed by atoms with Crippen molar-refractivity contribution in [2.45, 2.75) is 56.8 Å². The number of carboxylic acid groups (broad SMARTS) is 1. The summed E-state index contributed by atoms with van der Waals surface area (Å²) in [7, 11) is 0. The lowest BCUT2D eigenvalue weighted by Gasteiger charge is -2.46. The van der Waals surface area contributed by atoms with Gasteiger partial charge in [0.25, 0.3) is 5.91 Å². The third-order valence-electron chi connectivity index (χ3n) is 6.33. The predicted molar refractivity (Wildman–Crippen MR) is 108 cm³/mol. The van der Waals surface area contributed by atoms with Crippen molar-refractivity contribution in [2.75, 3.05) is 6.54 Å². The maximum atomic E-state index is 14.0. The molecule has 8 nitrogen and oxygen atoms in total. The number of piperidine rings is 1. The molecule has 1 aromatic carbocycles. The van der Waals surface area contributed by atoms with E-state index in [0.717, 1.165) is 25.3 Å². The van der Waals surface area contributed by atoms with Crippen molar-refractivity contribution in [2.24, 2.45) is 5.92 Å². The first-order valence-corrected chi connectivity index (χ1v) is 10.7. The molecule has 2 aromatic rings. The third-order valence-corrected chi connectivity index (χ3v) is 6.33. The Labute approximate surface area is 183 Å². The molecule has 172 valence electrons. The highest BCUT2D eigenvalue weighted by molar-refractivity contribution is 5.93. The number of carboxylic acids is 1. The van der Waals surface area contributed by atoms with Crippen molar-refractivity contribution < 1.29 is 33.1 Å². The largest absolute Gasteiger partial charge is 0.481 e. The van der Waals surface area contributed by atoms with Crippen LogP contribution in [0.2, 0.25) is 0 Å². The van der Waals surface area contributed by atoms with Crippen molar-refractivity contribution in [3.8, 4) is 11.3 Å². The van der Waals surface area contributed by atoms with E-state index in [1.54, 1.807) is 0 Å². The number of carbonyl (C=O) groups excluding carboxylic acids is 1. The maximum absolute atomic E-state index is 14.0. The fourth-order valence-corrected chi connectivity index (χ4v) is 4.72. The second-order valence-electron chi connectivity index (χ2n) is 8.36. The van der Waals surface area contributed by atoms with Gasteiger partial charge in [-0.3, -0.25) is 14.5 Å². The first-order valence-electron chi connectivity index (χ1n) is 10.7. The van der Waals surface area contributed by atoms with Crippen LogP contribution in [-0.4, -0.2) is 57.0 Å². The molecule has 1 amide bonds. The number of nitrogens with one attached hydrogen (secondary N) is 1. The minimum absolute atomic E-state index is 0.0500. The van der Waals surface area contributed by atoms with Crippen molar-refractivity contribution in [3.05, 3.63) is 41.6 Å². The lowest BCUT2D eigenvalue weighted by Crippen LogP contribution is -2.62. The Kier molecular flexibility index (Phi) is 6.52. The molecule has 1 saturated heterocycles. The molecule has 4 atom stereocenters. The van der Waals surface area contributed by atoms with E-state index in [9.17, 15) is 28.6 Å². The number of aliphatic carboxylic acids is 1. The van der Waals surface area contributed by atoms with Crippen LogP contribution in [0.3, 0.4) is 0 Å². The van der Waals surface area contributed by atoms with Gasteiger partial charge in [-0.25, -0.2) is 8.78 Å². The Bertz CT molecular complexity index is 998. The molecular formula is C22H25F2N3O5. The summed E-state index contributed by atoms with van der Waals surface area (Å²) in [6, 6.07) is 3.93. The molecular weight excluding hydrogens is 424 g/mol. The average Bonchev–Trinajstić information content (AvgIpc) is 3.24. The minimum atomic E-state index is -1.03. The van der Waals surface area contributed by atoms with E-state index in [1.165, 1.54) is 12.1 Å². The van der Waals surface area contributed by atoms with Gasteiger partial charge in [0, 0.05) is 24.7 Å². The topological polar surface area (TPSA) is 116 Å². The Morgan fingerprint density at radius 1 is 1.12 bits per heavy atom. The summed E-state index contributed by atoms with van der Waals surface area (Å²) < 4.78 is 32.3. The van der Waals surface area contributed by atoms with Gasteiger partial charge in [-0.1, -0.05) is 18.0 Å². The van der Waals surface area contributed by atoms with Gasteiger partial charge in [0.2, 0.25) is 0 Å². The van der Waals surface area contributed by atoms with E-state index in [4.69, 9.17) is 4.52 Å². The highest BCUT2D eigenvalue weighted by Gasteiger charge is 2.42. The Morgan fingerprint density at radius 3 is 2.62 bits per heavy atom. The number of hydrogen-bond donors (Lipinski definition) is 3. The zero-order valence-electron chi connectivity index (χ0n) is 17.3. The lowest BCUT2D eigenvalue weighted by atomic mass is 9.86. The molecule has 1 aliphatic heterocycles. The van der Waals surface area contributed by atoms with Crippen molar-refractivity contribution in [3.63, 3.8) is 0 Å². The van der Waals surface area contributed by atoms with E-state index in [0.29, 0.717) is 31.9 Å². The predicted octanol–water partition coefficient (Wildman–Crippen LogP) is 2.78. The minimum Gasteiger partial charge on any atom is -0.481 e. The number of halogens is 2. The summed E-state index contributed by atoms with van der Waals surface area (Å²) in [5.74, 6) is -4.20. The van der Waals surface area contributed by atoms with Crippen LogP contribution in [0.25, 0.3) is 11.3 Å². The van der Waals surface area contributed by atoms with Gasteiger partial charge in [-0.2, -0.15) is 0 Å². The number of amides is 1. The zero-order chi connectivity index (χ0) is 22.8. The maximum Gasteiger partial charge on any atom is 0.309 e. The Balaban J connectivity index is 1.56. The van der Waals surface area contributed by atoms with Crippen LogP contribution in [0, 0.1) is 17.6 Å². The number of rotatable bonds is 5. The molecule has 2 aliphatic rings. The monoisotopic (exact) mass is 449 g/mol. The molecule has 3 N–H and O–H groups in total. The highest BCUT2D eigenvalue weighted by Crippen LogP contribution is 2.31. The van der Waals surface area contributed by atoms with E-state index in [-0.39, 0.29) is 23.1 Å². The van der Waals surface area contributed by atoms with Gasteiger partial charge in [0.05, 0.1) is 23.8 Å². The molecule has 1 aliphatic carbocycles. The first-order chi connectivity index (χ1) is 15.3. The van der Waals surface area contributed by atoms with Crippen LogP contribution in [0.5, 0.6) is 0 Å². The SMILES string of the molecule is O=C(NC1[C@H](C(=O)O)CCCN1[C@@H]1CCCC[C@@H]1O)c1cc(-c2ccc(F)cc2F)on1. The molecule has 1 aromatic heterocycles. The number of aliphatic hydroxyl groups is 1. The van der Waals surface area contributed by atoms with Gasteiger partial charge in [-0.15, -0.1) is 0 Å². The van der Waals surface area contributed by atoms with Crippen LogP contribution in [-0.2, 0) is 4.79 Å². The summed E-state index contributed by atoms with van der Waals surface area (Å²) in [4.78, 5) is 26.7. The van der Waals surface area contributed by atoms with Gasteiger partial charge in [-0.05, 0) is 37.8 Å². The number of carbonyl (C=O) groups is 2. The van der Waals surface area contributed by atoms with E-state index in [2.05, 4.69) is 10.5 Å². The third kappa shape index (κ3) is 4.51. The lowest BCUT2D eigenvalue weighted by molar-refractivity contribution is -0.148. The number of hydrogen-bond acceptors (Lipinski definition) is 6.